The molecular weight excluding hydrogens is 463 g/mol. The van der Waals surface area contributed by atoms with Crippen LogP contribution in [-0.4, -0.2) is 33.5 Å². The van der Waals surface area contributed by atoms with Crippen LogP contribution in [0.3, 0.4) is 0 Å². The Balaban J connectivity index is 1.70. The zero-order valence-electron chi connectivity index (χ0n) is 18.5. The van der Waals surface area contributed by atoms with E-state index in [1.807, 2.05) is 6.92 Å². The third-order valence-corrected chi connectivity index (χ3v) is 6.14. The van der Waals surface area contributed by atoms with Gasteiger partial charge in [-0.1, -0.05) is 24.3 Å². The van der Waals surface area contributed by atoms with Crippen LogP contribution >= 0.6 is 0 Å². The monoisotopic (exact) mass is 486 g/mol. The predicted molar refractivity (Wildman–Crippen MR) is 125 cm³/mol. The van der Waals surface area contributed by atoms with Gasteiger partial charge in [0.2, 0.25) is 0 Å². The molecule has 0 saturated carbocycles. The summed E-state index contributed by atoms with van der Waals surface area (Å²) < 4.78 is 51.8. The second-order valence-corrected chi connectivity index (χ2v) is 8.77. The number of esters is 1. The topological polar surface area (TPSA) is 111 Å². The summed E-state index contributed by atoms with van der Waals surface area (Å²) in [5, 5.41) is 2.60. The average molecular weight is 487 g/mol. The number of halogens is 1. The van der Waals surface area contributed by atoms with Crippen LogP contribution in [0.15, 0.2) is 71.6 Å². The van der Waals surface area contributed by atoms with Gasteiger partial charge in [0.15, 0.2) is 6.61 Å². The summed E-state index contributed by atoms with van der Waals surface area (Å²) in [5.74, 6) is -1.59. The molecule has 8 nitrogen and oxygen atoms in total. The lowest BCUT2D eigenvalue weighted by molar-refractivity contribution is -0.119. The van der Waals surface area contributed by atoms with Crippen molar-refractivity contribution in [2.75, 3.05) is 23.3 Å². The van der Waals surface area contributed by atoms with E-state index in [2.05, 4.69) is 10.0 Å². The number of aryl methyl sites for hydroxylation is 1. The molecule has 34 heavy (non-hydrogen) atoms. The first kappa shape index (κ1) is 24.7. The maximum absolute atomic E-state index is 13.4. The van der Waals surface area contributed by atoms with E-state index in [0.717, 1.165) is 18.2 Å². The van der Waals surface area contributed by atoms with Gasteiger partial charge in [-0.15, -0.1) is 0 Å². The molecule has 2 N–H and O–H groups in total. The van der Waals surface area contributed by atoms with Crippen LogP contribution in [0.1, 0.15) is 22.8 Å². The Bertz CT molecular complexity index is 1310. The van der Waals surface area contributed by atoms with Crippen LogP contribution in [0.4, 0.5) is 15.8 Å². The first-order valence-electron chi connectivity index (χ1n) is 10.3. The number of carbonyl (C=O) groups is 2. The number of hydrogen-bond acceptors (Lipinski definition) is 6. The Hall–Kier alpha value is -3.92. The maximum atomic E-state index is 13.4. The van der Waals surface area contributed by atoms with Crippen molar-refractivity contribution in [1.82, 2.24) is 0 Å². The molecule has 0 aromatic heterocycles. The normalized spacial score (nSPS) is 10.9. The Morgan fingerprint density at radius 3 is 2.35 bits per heavy atom. The fourth-order valence-electron chi connectivity index (χ4n) is 3.11. The second kappa shape index (κ2) is 10.8. The van der Waals surface area contributed by atoms with E-state index < -0.39 is 34.3 Å². The van der Waals surface area contributed by atoms with Crippen LogP contribution in [0.25, 0.3) is 0 Å². The number of rotatable bonds is 9. The van der Waals surface area contributed by atoms with Crippen molar-refractivity contribution >= 4 is 33.3 Å². The number of nitrogens with one attached hydrogen (secondary N) is 2. The minimum atomic E-state index is -4.12. The molecule has 0 aliphatic rings. The van der Waals surface area contributed by atoms with Gasteiger partial charge in [0.1, 0.15) is 11.6 Å². The van der Waals surface area contributed by atoms with Crippen LogP contribution in [-0.2, 0) is 19.6 Å². The zero-order chi connectivity index (χ0) is 24.7. The Morgan fingerprint density at radius 1 is 0.971 bits per heavy atom. The smallest absolute Gasteiger partial charge is 0.340 e. The fourth-order valence-corrected chi connectivity index (χ4v) is 4.42. The molecule has 0 heterocycles. The molecule has 10 heteroatoms. The number of amides is 1. The number of sulfonamides is 1. The highest BCUT2D eigenvalue weighted by Crippen LogP contribution is 2.25. The number of carbonyl (C=O) groups excluding carboxylic acids is 2. The number of benzene rings is 3. The van der Waals surface area contributed by atoms with E-state index in [0.29, 0.717) is 18.0 Å². The molecule has 3 aromatic carbocycles. The van der Waals surface area contributed by atoms with Gasteiger partial charge in [0.25, 0.3) is 15.9 Å². The predicted octanol–water partition coefficient (Wildman–Crippen LogP) is 4.13. The molecule has 3 aromatic rings. The first-order valence-corrected chi connectivity index (χ1v) is 11.8. The lowest BCUT2D eigenvalue weighted by Crippen LogP contribution is -2.22. The zero-order valence-corrected chi connectivity index (χ0v) is 19.3. The molecule has 0 unspecified atom stereocenters. The molecule has 0 saturated heterocycles. The van der Waals surface area contributed by atoms with Crippen LogP contribution in [0, 0.1) is 12.7 Å². The van der Waals surface area contributed by atoms with E-state index in [1.54, 1.807) is 24.3 Å². The second-order valence-electron chi connectivity index (χ2n) is 7.11. The van der Waals surface area contributed by atoms with E-state index in [9.17, 15) is 22.4 Å². The van der Waals surface area contributed by atoms with Crippen LogP contribution < -0.4 is 14.8 Å². The largest absolute Gasteiger partial charge is 0.492 e. The van der Waals surface area contributed by atoms with Crippen molar-refractivity contribution in [3.63, 3.8) is 0 Å². The third-order valence-electron chi connectivity index (χ3n) is 4.61. The molecule has 0 bridgehead atoms. The van der Waals surface area contributed by atoms with Gasteiger partial charge in [-0.3, -0.25) is 9.52 Å². The molecule has 0 atom stereocenters. The molecule has 0 aliphatic heterocycles. The summed E-state index contributed by atoms with van der Waals surface area (Å²) in [5.41, 5.74) is 0.497. The fraction of sp³-hybridized carbons (Fsp3) is 0.167. The molecular formula is C24H23FN2O6S. The minimum absolute atomic E-state index is 0.0432. The van der Waals surface area contributed by atoms with E-state index >= 15 is 0 Å². The number of ether oxygens (including phenoxy) is 2. The number of para-hydroxylation sites is 3. The van der Waals surface area contributed by atoms with Gasteiger partial charge < -0.3 is 14.8 Å². The van der Waals surface area contributed by atoms with Crippen molar-refractivity contribution in [2.24, 2.45) is 0 Å². The maximum Gasteiger partial charge on any atom is 0.340 e. The molecule has 0 radical (unpaired) electrons. The van der Waals surface area contributed by atoms with Crippen molar-refractivity contribution in [1.29, 1.82) is 0 Å². The van der Waals surface area contributed by atoms with Gasteiger partial charge in [0.05, 0.1) is 28.4 Å². The quantitative estimate of drug-likeness (QED) is 0.440. The van der Waals surface area contributed by atoms with Crippen molar-refractivity contribution in [3.8, 4) is 5.75 Å². The average Bonchev–Trinajstić information content (AvgIpc) is 2.79. The summed E-state index contributed by atoms with van der Waals surface area (Å²) in [6, 6.07) is 15.9. The Morgan fingerprint density at radius 2 is 1.65 bits per heavy atom. The summed E-state index contributed by atoms with van der Waals surface area (Å²) >= 11 is 0. The molecule has 178 valence electrons. The van der Waals surface area contributed by atoms with Crippen LogP contribution in [0.2, 0.25) is 0 Å². The highest BCUT2D eigenvalue weighted by molar-refractivity contribution is 7.92. The van der Waals surface area contributed by atoms with Crippen LogP contribution in [0.5, 0.6) is 5.75 Å². The Labute approximate surface area is 196 Å². The van der Waals surface area contributed by atoms with Gasteiger partial charge in [-0.05, 0) is 61.9 Å². The number of anilines is 2. The van der Waals surface area contributed by atoms with E-state index in [-0.39, 0.29) is 21.7 Å². The van der Waals surface area contributed by atoms with Gasteiger partial charge in [-0.25, -0.2) is 17.6 Å². The van der Waals surface area contributed by atoms with E-state index in [1.165, 1.54) is 31.2 Å². The highest BCUT2D eigenvalue weighted by Gasteiger charge is 2.22. The molecule has 1 amide bonds. The van der Waals surface area contributed by atoms with E-state index in [4.69, 9.17) is 9.47 Å². The third kappa shape index (κ3) is 6.10. The minimum Gasteiger partial charge on any atom is -0.492 e. The van der Waals surface area contributed by atoms with Crippen molar-refractivity contribution in [3.05, 3.63) is 83.7 Å². The summed E-state index contributed by atoms with van der Waals surface area (Å²) in [4.78, 5) is 24.8. The number of hydrogen-bond donors (Lipinski definition) is 2. The van der Waals surface area contributed by atoms with Gasteiger partial charge in [0, 0.05) is 0 Å². The SMILES string of the molecule is CCOc1ccccc1NC(=O)COC(=O)c1ccccc1NS(=O)(=O)c1ccc(F)cc1C. The summed E-state index contributed by atoms with van der Waals surface area (Å²) in [7, 11) is -4.12. The Kier molecular flexibility index (Phi) is 7.85. The van der Waals surface area contributed by atoms with Gasteiger partial charge >= 0.3 is 5.97 Å². The van der Waals surface area contributed by atoms with Gasteiger partial charge in [-0.2, -0.15) is 0 Å². The molecule has 0 fully saturated rings. The van der Waals surface area contributed by atoms with Crippen molar-refractivity contribution in [2.45, 2.75) is 18.7 Å². The molecule has 0 aliphatic carbocycles. The first-order chi connectivity index (χ1) is 16.2. The lowest BCUT2D eigenvalue weighted by atomic mass is 10.2. The highest BCUT2D eigenvalue weighted by atomic mass is 32.2. The summed E-state index contributed by atoms with van der Waals surface area (Å²) in [6.45, 7) is 3.08. The summed E-state index contributed by atoms with van der Waals surface area (Å²) in [6.07, 6.45) is 0. The molecule has 0 spiro atoms. The molecule has 3 rings (SSSR count). The van der Waals surface area contributed by atoms with Crippen molar-refractivity contribution < 1.29 is 31.9 Å². The lowest BCUT2D eigenvalue weighted by Gasteiger charge is -2.14. The standard InChI is InChI=1S/C24H23FN2O6S/c1-3-32-21-11-7-6-10-20(21)26-23(28)15-33-24(29)18-8-4-5-9-19(18)27-34(30,31)22-13-12-17(25)14-16(22)2/h4-14,27H,3,15H2,1-2H3,(H,26,28).